The number of benzene rings is 1. The molecule has 2 saturated heterocycles. The van der Waals surface area contributed by atoms with E-state index in [4.69, 9.17) is 4.74 Å². The number of rotatable bonds is 3. The zero-order valence-electron chi connectivity index (χ0n) is 15.7. The Hall–Kier alpha value is -1.95. The second-order valence-electron chi connectivity index (χ2n) is 8.05. The predicted molar refractivity (Wildman–Crippen MR) is 98.3 cm³/mol. The molecular formula is C21H27FN2O3. The van der Waals surface area contributed by atoms with E-state index in [0.29, 0.717) is 31.7 Å². The van der Waals surface area contributed by atoms with Crippen LogP contribution in [0.25, 0.3) is 0 Å². The lowest BCUT2D eigenvalue weighted by molar-refractivity contribution is -0.151. The Labute approximate surface area is 159 Å². The molecule has 0 radical (unpaired) electrons. The van der Waals surface area contributed by atoms with Gasteiger partial charge in [0.2, 0.25) is 5.91 Å². The molecule has 0 bridgehead atoms. The molecule has 4 rings (SSSR count). The van der Waals surface area contributed by atoms with E-state index in [1.54, 1.807) is 6.07 Å². The number of carbonyl (C=O) groups excluding carboxylic acids is 2. The van der Waals surface area contributed by atoms with Crippen molar-refractivity contribution in [3.63, 3.8) is 0 Å². The maximum absolute atomic E-state index is 13.9. The third kappa shape index (κ3) is 3.72. The molecule has 2 aliphatic heterocycles. The second-order valence-corrected chi connectivity index (χ2v) is 8.05. The van der Waals surface area contributed by atoms with Crippen molar-refractivity contribution in [3.05, 3.63) is 35.6 Å². The molecule has 1 aromatic rings. The number of hydrogen-bond donors (Lipinski definition) is 0. The monoisotopic (exact) mass is 374 g/mol. The molecule has 0 N–H and O–H groups in total. The van der Waals surface area contributed by atoms with Crippen molar-refractivity contribution in [3.8, 4) is 0 Å². The van der Waals surface area contributed by atoms with Gasteiger partial charge in [0.05, 0.1) is 12.3 Å². The van der Waals surface area contributed by atoms with Gasteiger partial charge in [-0.25, -0.2) is 4.39 Å². The number of carbonyl (C=O) groups is 2. The van der Waals surface area contributed by atoms with Crippen molar-refractivity contribution in [2.24, 2.45) is 5.92 Å². The minimum atomic E-state index is -0.548. The molecule has 3 aliphatic rings. The van der Waals surface area contributed by atoms with Gasteiger partial charge in [-0.05, 0) is 38.2 Å². The summed E-state index contributed by atoms with van der Waals surface area (Å²) in [5.74, 6) is -0.674. The molecule has 1 atom stereocenters. The van der Waals surface area contributed by atoms with Crippen LogP contribution < -0.4 is 0 Å². The van der Waals surface area contributed by atoms with Crippen LogP contribution in [0.1, 0.15) is 44.1 Å². The van der Waals surface area contributed by atoms with E-state index in [0.717, 1.165) is 38.6 Å². The van der Waals surface area contributed by atoms with Gasteiger partial charge in [0.25, 0.3) is 0 Å². The lowest BCUT2D eigenvalue weighted by atomic mass is 9.84. The molecule has 1 amide bonds. The first kappa shape index (κ1) is 18.4. The molecule has 1 aliphatic carbocycles. The molecule has 1 aromatic carbocycles. The van der Waals surface area contributed by atoms with Gasteiger partial charge >= 0.3 is 5.97 Å². The molecule has 3 fully saturated rings. The van der Waals surface area contributed by atoms with Crippen LogP contribution in [0.15, 0.2) is 24.3 Å². The third-order valence-electron chi connectivity index (χ3n) is 6.32. The van der Waals surface area contributed by atoms with Crippen LogP contribution in [0.4, 0.5) is 4.39 Å². The lowest BCUT2D eigenvalue weighted by Gasteiger charge is -2.32. The van der Waals surface area contributed by atoms with E-state index in [1.807, 2.05) is 17.0 Å². The molecule has 1 saturated carbocycles. The SMILES string of the molecule is O=C1C[C@H](C(=O)N2CCCN(Cc3ccccc3F)CC2)C2(CCCC2)O1. The lowest BCUT2D eigenvalue weighted by Crippen LogP contribution is -2.46. The van der Waals surface area contributed by atoms with Crippen molar-refractivity contribution in [2.75, 3.05) is 26.2 Å². The third-order valence-corrected chi connectivity index (χ3v) is 6.32. The maximum atomic E-state index is 13.9. The van der Waals surface area contributed by atoms with Crippen molar-refractivity contribution in [1.82, 2.24) is 9.80 Å². The van der Waals surface area contributed by atoms with Gasteiger partial charge in [0, 0.05) is 38.3 Å². The summed E-state index contributed by atoms with van der Waals surface area (Å²) in [6, 6.07) is 6.85. The number of nitrogens with zero attached hydrogens (tertiary/aromatic N) is 2. The van der Waals surface area contributed by atoms with Gasteiger partial charge in [-0.1, -0.05) is 18.2 Å². The average molecular weight is 374 g/mol. The highest BCUT2D eigenvalue weighted by atomic mass is 19.1. The summed E-state index contributed by atoms with van der Waals surface area (Å²) in [6.45, 7) is 3.42. The molecular weight excluding hydrogens is 347 g/mol. The summed E-state index contributed by atoms with van der Waals surface area (Å²) < 4.78 is 19.6. The fourth-order valence-corrected chi connectivity index (χ4v) is 4.87. The number of amides is 1. The van der Waals surface area contributed by atoms with Gasteiger partial charge in [0.1, 0.15) is 11.4 Å². The molecule has 1 spiro atoms. The van der Waals surface area contributed by atoms with Crippen LogP contribution in [-0.4, -0.2) is 53.5 Å². The van der Waals surface area contributed by atoms with E-state index in [2.05, 4.69) is 4.90 Å². The van der Waals surface area contributed by atoms with Crippen LogP contribution in [0.5, 0.6) is 0 Å². The van der Waals surface area contributed by atoms with Crippen molar-refractivity contribution >= 4 is 11.9 Å². The zero-order valence-corrected chi connectivity index (χ0v) is 15.7. The van der Waals surface area contributed by atoms with Crippen LogP contribution in [0.2, 0.25) is 0 Å². The predicted octanol–water partition coefficient (Wildman–Crippen LogP) is 2.74. The van der Waals surface area contributed by atoms with Crippen LogP contribution in [0, 0.1) is 11.7 Å². The number of hydrogen-bond acceptors (Lipinski definition) is 4. The summed E-state index contributed by atoms with van der Waals surface area (Å²) >= 11 is 0. The Morgan fingerprint density at radius 3 is 2.67 bits per heavy atom. The molecule has 2 heterocycles. The van der Waals surface area contributed by atoms with Crippen LogP contribution >= 0.6 is 0 Å². The molecule has 27 heavy (non-hydrogen) atoms. The van der Waals surface area contributed by atoms with E-state index in [1.165, 1.54) is 6.07 Å². The fraction of sp³-hybridized carbons (Fsp3) is 0.619. The first-order chi connectivity index (χ1) is 13.1. The Bertz CT molecular complexity index is 717. The molecule has 146 valence electrons. The normalized spacial score (nSPS) is 25.6. The topological polar surface area (TPSA) is 49.9 Å². The van der Waals surface area contributed by atoms with Crippen molar-refractivity contribution in [1.29, 1.82) is 0 Å². The van der Waals surface area contributed by atoms with E-state index in [9.17, 15) is 14.0 Å². The average Bonchev–Trinajstić information content (AvgIpc) is 3.17. The number of ether oxygens (including phenoxy) is 1. The van der Waals surface area contributed by atoms with Crippen LogP contribution in [0.3, 0.4) is 0 Å². The van der Waals surface area contributed by atoms with Gasteiger partial charge < -0.3 is 9.64 Å². The minimum absolute atomic E-state index is 0.0653. The quantitative estimate of drug-likeness (QED) is 0.764. The van der Waals surface area contributed by atoms with Gasteiger partial charge in [-0.15, -0.1) is 0 Å². The number of esters is 1. The molecule has 5 nitrogen and oxygen atoms in total. The first-order valence-corrected chi connectivity index (χ1v) is 10.0. The highest BCUT2D eigenvalue weighted by molar-refractivity contribution is 5.88. The van der Waals surface area contributed by atoms with Crippen molar-refractivity contribution in [2.45, 2.75) is 50.7 Å². The van der Waals surface area contributed by atoms with Gasteiger partial charge in [-0.2, -0.15) is 0 Å². The highest BCUT2D eigenvalue weighted by Crippen LogP contribution is 2.46. The standard InChI is InChI=1S/C21H27FN2O3/c22-18-7-2-1-6-16(18)15-23-10-5-11-24(13-12-23)20(26)17-14-19(25)27-21(17)8-3-4-9-21/h1-2,6-7,17H,3-5,8-15H2/t17-/m1/s1. The fourth-order valence-electron chi connectivity index (χ4n) is 4.87. The van der Waals surface area contributed by atoms with E-state index in [-0.39, 0.29) is 30.0 Å². The summed E-state index contributed by atoms with van der Waals surface area (Å²) in [7, 11) is 0. The second kappa shape index (κ2) is 7.58. The minimum Gasteiger partial charge on any atom is -0.458 e. The Balaban J connectivity index is 1.40. The summed E-state index contributed by atoms with van der Waals surface area (Å²) in [6.07, 6.45) is 4.73. The summed E-state index contributed by atoms with van der Waals surface area (Å²) in [5, 5.41) is 0. The Kier molecular flexibility index (Phi) is 5.17. The van der Waals surface area contributed by atoms with Crippen LogP contribution in [-0.2, 0) is 20.9 Å². The van der Waals surface area contributed by atoms with Gasteiger partial charge in [-0.3, -0.25) is 14.5 Å². The van der Waals surface area contributed by atoms with Gasteiger partial charge in [0.15, 0.2) is 0 Å². The maximum Gasteiger partial charge on any atom is 0.307 e. The summed E-state index contributed by atoms with van der Waals surface area (Å²) in [4.78, 5) is 29.2. The summed E-state index contributed by atoms with van der Waals surface area (Å²) in [5.41, 5.74) is 0.143. The smallest absolute Gasteiger partial charge is 0.307 e. The van der Waals surface area contributed by atoms with Crippen molar-refractivity contribution < 1.29 is 18.7 Å². The van der Waals surface area contributed by atoms with E-state index < -0.39 is 5.60 Å². The molecule has 0 unspecified atom stereocenters. The molecule has 6 heteroatoms. The Morgan fingerprint density at radius 2 is 1.89 bits per heavy atom. The molecule has 0 aromatic heterocycles. The zero-order chi connectivity index (χ0) is 18.9. The highest BCUT2D eigenvalue weighted by Gasteiger charge is 2.54. The van der Waals surface area contributed by atoms with E-state index >= 15 is 0 Å². The Morgan fingerprint density at radius 1 is 1.11 bits per heavy atom. The number of halogens is 1. The largest absolute Gasteiger partial charge is 0.458 e. The first-order valence-electron chi connectivity index (χ1n) is 10.0.